The third-order valence-electron chi connectivity index (χ3n) is 5.00. The summed E-state index contributed by atoms with van der Waals surface area (Å²) in [6.45, 7) is 11.9. The minimum Gasteiger partial charge on any atom is -0.463 e. The number of hydrogen-bond acceptors (Lipinski definition) is 4. The Hall–Kier alpha value is -1.56. The molecule has 136 valence electrons. The van der Waals surface area contributed by atoms with E-state index in [9.17, 15) is 9.59 Å². The molecule has 0 saturated carbocycles. The Morgan fingerprint density at radius 3 is 2.71 bits per heavy atom. The van der Waals surface area contributed by atoms with E-state index < -0.39 is 0 Å². The maximum Gasteiger partial charge on any atom is 0.337 e. The standard InChI is InChI=1S/C18H31N3O3/c1-5-24-16(22)14-11-19-17(23)20-15(14)12-21-9-6-7-13(8-10-21)18(2,3)4/h13H,5-12H2,1-4H3,(H2,19,20,23). The normalized spacial score (nSPS) is 23.3. The Kier molecular flexibility index (Phi) is 6.27. The molecule has 0 spiro atoms. The molecule has 2 rings (SSSR count). The zero-order chi connectivity index (χ0) is 17.7. The summed E-state index contributed by atoms with van der Waals surface area (Å²) < 4.78 is 5.12. The lowest BCUT2D eigenvalue weighted by atomic mass is 9.77. The van der Waals surface area contributed by atoms with E-state index in [2.05, 4.69) is 36.3 Å². The second-order valence-corrected chi connectivity index (χ2v) is 7.76. The van der Waals surface area contributed by atoms with Gasteiger partial charge < -0.3 is 15.4 Å². The van der Waals surface area contributed by atoms with E-state index in [1.807, 2.05) is 0 Å². The van der Waals surface area contributed by atoms with Crippen LogP contribution in [-0.4, -0.2) is 49.7 Å². The summed E-state index contributed by atoms with van der Waals surface area (Å²) in [6, 6.07) is -0.250. The number of urea groups is 1. The number of nitrogens with one attached hydrogen (secondary N) is 2. The molecule has 24 heavy (non-hydrogen) atoms. The first-order chi connectivity index (χ1) is 11.3. The minimum absolute atomic E-state index is 0.235. The fourth-order valence-electron chi connectivity index (χ4n) is 3.48. The van der Waals surface area contributed by atoms with E-state index in [1.54, 1.807) is 6.92 Å². The smallest absolute Gasteiger partial charge is 0.337 e. The average molecular weight is 337 g/mol. The summed E-state index contributed by atoms with van der Waals surface area (Å²) in [5.74, 6) is 0.367. The van der Waals surface area contributed by atoms with Gasteiger partial charge >= 0.3 is 12.0 Å². The third-order valence-corrected chi connectivity index (χ3v) is 5.00. The van der Waals surface area contributed by atoms with Gasteiger partial charge in [0.2, 0.25) is 0 Å². The van der Waals surface area contributed by atoms with Crippen molar-refractivity contribution in [3.8, 4) is 0 Å². The van der Waals surface area contributed by atoms with Crippen LogP contribution in [0.1, 0.15) is 47.0 Å². The SMILES string of the molecule is CCOC(=O)C1=C(CN2CCCC(C(C)(C)C)CC2)NC(=O)NC1. The molecule has 1 saturated heterocycles. The van der Waals surface area contributed by atoms with Crippen LogP contribution in [0.5, 0.6) is 0 Å². The van der Waals surface area contributed by atoms with Gasteiger partial charge in [0.15, 0.2) is 0 Å². The Balaban J connectivity index is 2.06. The highest BCUT2D eigenvalue weighted by atomic mass is 16.5. The molecule has 1 fully saturated rings. The summed E-state index contributed by atoms with van der Waals surface area (Å²) in [4.78, 5) is 26.1. The topological polar surface area (TPSA) is 70.7 Å². The van der Waals surface area contributed by atoms with Crippen molar-refractivity contribution < 1.29 is 14.3 Å². The first-order valence-corrected chi connectivity index (χ1v) is 8.97. The number of ether oxygens (including phenoxy) is 1. The summed E-state index contributed by atoms with van der Waals surface area (Å²) >= 11 is 0. The highest BCUT2D eigenvalue weighted by Crippen LogP contribution is 2.34. The van der Waals surface area contributed by atoms with E-state index in [0.29, 0.717) is 35.8 Å². The zero-order valence-electron chi connectivity index (χ0n) is 15.4. The van der Waals surface area contributed by atoms with Crippen LogP contribution in [0, 0.1) is 11.3 Å². The third kappa shape index (κ3) is 4.97. The first-order valence-electron chi connectivity index (χ1n) is 8.97. The maximum absolute atomic E-state index is 12.1. The van der Waals surface area contributed by atoms with Gasteiger partial charge in [-0.15, -0.1) is 0 Å². The van der Waals surface area contributed by atoms with Gasteiger partial charge in [-0.05, 0) is 50.6 Å². The van der Waals surface area contributed by atoms with Gasteiger partial charge in [-0.2, -0.15) is 0 Å². The molecule has 2 N–H and O–H groups in total. The second-order valence-electron chi connectivity index (χ2n) is 7.76. The molecule has 2 amide bonds. The molecule has 0 bridgehead atoms. The van der Waals surface area contributed by atoms with Crippen molar-refractivity contribution in [1.29, 1.82) is 0 Å². The van der Waals surface area contributed by atoms with E-state index >= 15 is 0 Å². The molecular weight excluding hydrogens is 306 g/mol. The molecule has 0 aromatic heterocycles. The number of esters is 1. The number of carbonyl (C=O) groups excluding carboxylic acids is 2. The molecule has 1 atom stereocenters. The van der Waals surface area contributed by atoms with Crippen LogP contribution < -0.4 is 10.6 Å². The van der Waals surface area contributed by atoms with Gasteiger partial charge in [0.05, 0.1) is 18.7 Å². The molecule has 6 heteroatoms. The lowest BCUT2D eigenvalue weighted by Crippen LogP contribution is -2.47. The molecule has 2 aliphatic heterocycles. The first kappa shape index (κ1) is 18.8. The van der Waals surface area contributed by atoms with Gasteiger partial charge in [0.1, 0.15) is 0 Å². The number of carbonyl (C=O) groups is 2. The van der Waals surface area contributed by atoms with Crippen molar-refractivity contribution in [1.82, 2.24) is 15.5 Å². The molecule has 0 aromatic rings. The molecular formula is C18H31N3O3. The average Bonchev–Trinajstić information content (AvgIpc) is 2.73. The summed E-state index contributed by atoms with van der Waals surface area (Å²) in [5, 5.41) is 5.45. The van der Waals surface area contributed by atoms with Crippen molar-refractivity contribution in [2.75, 3.05) is 32.8 Å². The highest BCUT2D eigenvalue weighted by molar-refractivity contribution is 5.93. The van der Waals surface area contributed by atoms with Crippen molar-refractivity contribution in [3.05, 3.63) is 11.3 Å². The van der Waals surface area contributed by atoms with Crippen LogP contribution in [-0.2, 0) is 9.53 Å². The van der Waals surface area contributed by atoms with Crippen LogP contribution in [0.4, 0.5) is 4.79 Å². The second kappa shape index (κ2) is 8.01. The predicted octanol–water partition coefficient (Wildman–Crippen LogP) is 2.26. The lowest BCUT2D eigenvalue weighted by Gasteiger charge is -2.30. The summed E-state index contributed by atoms with van der Waals surface area (Å²) in [7, 11) is 0. The van der Waals surface area contributed by atoms with Gasteiger partial charge in [-0.3, -0.25) is 4.90 Å². The van der Waals surface area contributed by atoms with Gasteiger partial charge in [-0.1, -0.05) is 20.8 Å². The Morgan fingerprint density at radius 1 is 1.29 bits per heavy atom. The fourth-order valence-corrected chi connectivity index (χ4v) is 3.48. The van der Waals surface area contributed by atoms with Crippen LogP contribution in [0.15, 0.2) is 11.3 Å². The van der Waals surface area contributed by atoms with Gasteiger partial charge in [0.25, 0.3) is 0 Å². The Labute approximate surface area is 145 Å². The van der Waals surface area contributed by atoms with Crippen LogP contribution >= 0.6 is 0 Å². The minimum atomic E-state index is -0.345. The monoisotopic (exact) mass is 337 g/mol. The highest BCUT2D eigenvalue weighted by Gasteiger charge is 2.29. The largest absolute Gasteiger partial charge is 0.463 e. The van der Waals surface area contributed by atoms with E-state index in [0.717, 1.165) is 25.9 Å². The van der Waals surface area contributed by atoms with Crippen molar-refractivity contribution in [2.45, 2.75) is 47.0 Å². The molecule has 0 aromatic carbocycles. The molecule has 2 aliphatic rings. The molecule has 2 heterocycles. The number of likely N-dealkylation sites (tertiary alicyclic amines) is 1. The van der Waals surface area contributed by atoms with Gasteiger partial charge in [-0.25, -0.2) is 9.59 Å². The summed E-state index contributed by atoms with van der Waals surface area (Å²) in [5.41, 5.74) is 1.55. The molecule has 0 radical (unpaired) electrons. The Bertz CT molecular complexity index is 508. The quantitative estimate of drug-likeness (QED) is 0.772. The zero-order valence-corrected chi connectivity index (χ0v) is 15.4. The predicted molar refractivity (Wildman–Crippen MR) is 93.4 cm³/mol. The van der Waals surface area contributed by atoms with E-state index in [-0.39, 0.29) is 18.5 Å². The number of amides is 2. The number of nitrogens with zero attached hydrogens (tertiary/aromatic N) is 1. The maximum atomic E-state index is 12.1. The molecule has 1 unspecified atom stereocenters. The van der Waals surface area contributed by atoms with E-state index in [4.69, 9.17) is 4.74 Å². The summed E-state index contributed by atoms with van der Waals surface area (Å²) in [6.07, 6.45) is 3.53. The number of rotatable bonds is 4. The van der Waals surface area contributed by atoms with Crippen molar-refractivity contribution in [3.63, 3.8) is 0 Å². The lowest BCUT2D eigenvalue weighted by molar-refractivity contribution is -0.138. The fraction of sp³-hybridized carbons (Fsp3) is 0.778. The molecule has 6 nitrogen and oxygen atoms in total. The van der Waals surface area contributed by atoms with Gasteiger partial charge in [0, 0.05) is 12.2 Å². The van der Waals surface area contributed by atoms with Crippen LogP contribution in [0.3, 0.4) is 0 Å². The van der Waals surface area contributed by atoms with Crippen molar-refractivity contribution >= 4 is 12.0 Å². The van der Waals surface area contributed by atoms with Crippen LogP contribution in [0.25, 0.3) is 0 Å². The van der Waals surface area contributed by atoms with E-state index in [1.165, 1.54) is 6.42 Å². The van der Waals surface area contributed by atoms with Crippen molar-refractivity contribution in [2.24, 2.45) is 11.3 Å². The number of hydrogen-bond donors (Lipinski definition) is 2. The van der Waals surface area contributed by atoms with Crippen LogP contribution in [0.2, 0.25) is 0 Å². The Morgan fingerprint density at radius 2 is 2.04 bits per heavy atom. The molecule has 0 aliphatic carbocycles.